The van der Waals surface area contributed by atoms with Crippen molar-refractivity contribution in [3.8, 4) is 22.4 Å². The van der Waals surface area contributed by atoms with Gasteiger partial charge in [-0.05, 0) is 29.7 Å². The van der Waals surface area contributed by atoms with Crippen LogP contribution < -0.4 is 4.57 Å². The fourth-order valence-electron chi connectivity index (χ4n) is 3.21. The van der Waals surface area contributed by atoms with Crippen LogP contribution in [0.5, 0.6) is 0 Å². The topological polar surface area (TPSA) is 41.2 Å². The summed E-state index contributed by atoms with van der Waals surface area (Å²) in [5, 5.41) is 9.45. The lowest BCUT2D eigenvalue weighted by molar-refractivity contribution is -0.682. The molecule has 0 radical (unpaired) electrons. The van der Waals surface area contributed by atoms with E-state index in [-0.39, 0.29) is 6.54 Å². The molecule has 0 aliphatic carbocycles. The van der Waals surface area contributed by atoms with E-state index in [9.17, 15) is 9.90 Å². The van der Waals surface area contributed by atoms with Crippen molar-refractivity contribution in [1.82, 2.24) is 0 Å². The number of hydrogen-bond donors (Lipinski definition) is 1. The third-order valence-electron chi connectivity index (χ3n) is 4.51. The molecule has 0 bridgehead atoms. The maximum atomic E-state index is 11.5. The van der Waals surface area contributed by atoms with Gasteiger partial charge in [-0.15, -0.1) is 0 Å². The Kier molecular flexibility index (Phi) is 5.80. The number of pyridine rings is 1. The van der Waals surface area contributed by atoms with Crippen molar-refractivity contribution in [1.29, 1.82) is 0 Å². The van der Waals surface area contributed by atoms with Gasteiger partial charge in [-0.3, -0.25) is 0 Å². The molecule has 3 rings (SSSR count). The summed E-state index contributed by atoms with van der Waals surface area (Å²) < 4.78 is 1.94. The molecule has 132 valence electrons. The van der Waals surface area contributed by atoms with Gasteiger partial charge in [-0.2, -0.15) is 4.57 Å². The van der Waals surface area contributed by atoms with Crippen molar-refractivity contribution in [3.63, 3.8) is 0 Å². The van der Waals surface area contributed by atoms with E-state index >= 15 is 0 Å². The van der Waals surface area contributed by atoms with E-state index in [1.165, 1.54) is 0 Å². The molecule has 0 fully saturated rings. The van der Waals surface area contributed by atoms with Gasteiger partial charge >= 0.3 is 5.97 Å². The lowest BCUT2D eigenvalue weighted by atomic mass is 10.00. The molecule has 0 unspecified atom stereocenters. The number of aromatic nitrogens is 1. The normalized spacial score (nSPS) is 10.7. The Morgan fingerprint density at radius 2 is 1.50 bits per heavy atom. The third kappa shape index (κ3) is 4.17. The summed E-state index contributed by atoms with van der Waals surface area (Å²) in [7, 11) is 0. The molecule has 0 saturated heterocycles. The predicted octanol–water partition coefficient (Wildman–Crippen LogP) is 4.74. The van der Waals surface area contributed by atoms with E-state index in [2.05, 4.69) is 31.2 Å². The van der Waals surface area contributed by atoms with Crippen LogP contribution in [0.25, 0.3) is 22.4 Å². The summed E-state index contributed by atoms with van der Waals surface area (Å²) in [6.45, 7) is 2.12. The molecule has 26 heavy (non-hydrogen) atoms. The number of carboxylic acid groups (broad SMARTS) is 1. The Morgan fingerprint density at radius 1 is 0.885 bits per heavy atom. The summed E-state index contributed by atoms with van der Waals surface area (Å²) in [6.07, 6.45) is 2.97. The molecular weight excluding hydrogens is 322 g/mol. The van der Waals surface area contributed by atoms with Crippen molar-refractivity contribution in [3.05, 3.63) is 78.5 Å². The standard InChI is InChI=1S/C23H23NO2/c1-2-3-14-21-15-20(18-10-6-4-7-11-18)16-22(24(21)17-23(25)26)19-12-8-5-9-13-19/h4-13,15-16H,2-3,14,17H2,1H3/p+1. The Morgan fingerprint density at radius 3 is 2.08 bits per heavy atom. The molecule has 0 aliphatic heterocycles. The van der Waals surface area contributed by atoms with Crippen LogP contribution in [0.1, 0.15) is 25.5 Å². The average Bonchev–Trinajstić information content (AvgIpc) is 2.68. The summed E-state index contributed by atoms with van der Waals surface area (Å²) >= 11 is 0. The molecule has 0 atom stereocenters. The van der Waals surface area contributed by atoms with Crippen LogP contribution in [-0.4, -0.2) is 11.1 Å². The molecule has 0 spiro atoms. The van der Waals surface area contributed by atoms with Gasteiger partial charge in [0.05, 0.1) is 0 Å². The van der Waals surface area contributed by atoms with E-state index < -0.39 is 5.97 Å². The van der Waals surface area contributed by atoms with E-state index in [1.54, 1.807) is 0 Å². The molecule has 0 amide bonds. The second kappa shape index (κ2) is 8.43. The highest BCUT2D eigenvalue weighted by Gasteiger charge is 2.23. The fourth-order valence-corrected chi connectivity index (χ4v) is 3.21. The molecule has 3 aromatic rings. The molecule has 0 saturated carbocycles. The van der Waals surface area contributed by atoms with Crippen LogP contribution in [0.3, 0.4) is 0 Å². The van der Waals surface area contributed by atoms with E-state index in [1.807, 2.05) is 53.1 Å². The van der Waals surface area contributed by atoms with Gasteiger partial charge in [0.25, 0.3) is 0 Å². The van der Waals surface area contributed by atoms with E-state index in [0.717, 1.165) is 47.3 Å². The Balaban J connectivity index is 2.21. The largest absolute Gasteiger partial charge is 0.477 e. The summed E-state index contributed by atoms with van der Waals surface area (Å²) in [4.78, 5) is 11.5. The highest BCUT2D eigenvalue weighted by molar-refractivity contribution is 5.70. The van der Waals surface area contributed by atoms with Crippen molar-refractivity contribution in [2.45, 2.75) is 32.7 Å². The summed E-state index contributed by atoms with van der Waals surface area (Å²) in [5.74, 6) is -0.822. The fraction of sp³-hybridized carbons (Fsp3) is 0.217. The van der Waals surface area contributed by atoms with Crippen LogP contribution in [0.4, 0.5) is 0 Å². The van der Waals surface area contributed by atoms with E-state index in [0.29, 0.717) is 0 Å². The van der Waals surface area contributed by atoms with Gasteiger partial charge < -0.3 is 5.11 Å². The zero-order valence-corrected chi connectivity index (χ0v) is 15.1. The smallest absolute Gasteiger partial charge is 0.370 e. The van der Waals surface area contributed by atoms with Crippen LogP contribution in [-0.2, 0) is 17.8 Å². The number of unbranched alkanes of at least 4 members (excludes halogenated alkanes) is 1. The number of nitrogens with zero attached hydrogens (tertiary/aromatic N) is 1. The monoisotopic (exact) mass is 346 g/mol. The van der Waals surface area contributed by atoms with Crippen molar-refractivity contribution in [2.75, 3.05) is 0 Å². The molecular formula is C23H24NO2+. The van der Waals surface area contributed by atoms with Crippen molar-refractivity contribution >= 4 is 5.97 Å². The molecule has 1 aromatic heterocycles. The number of benzene rings is 2. The zero-order valence-electron chi connectivity index (χ0n) is 15.1. The zero-order chi connectivity index (χ0) is 18.4. The van der Waals surface area contributed by atoms with Gasteiger partial charge in [0.15, 0.2) is 5.69 Å². The van der Waals surface area contributed by atoms with Crippen LogP contribution in [0.15, 0.2) is 72.8 Å². The van der Waals surface area contributed by atoms with Crippen molar-refractivity contribution < 1.29 is 14.5 Å². The quantitative estimate of drug-likeness (QED) is 0.628. The molecule has 0 aliphatic rings. The third-order valence-corrected chi connectivity index (χ3v) is 4.51. The van der Waals surface area contributed by atoms with Gasteiger partial charge in [0.1, 0.15) is 0 Å². The summed E-state index contributed by atoms with van der Waals surface area (Å²) in [5.41, 5.74) is 5.31. The first kappa shape index (κ1) is 17.9. The number of carbonyl (C=O) groups is 1. The number of rotatable bonds is 7. The highest BCUT2D eigenvalue weighted by Crippen LogP contribution is 2.25. The number of aliphatic carboxylic acids is 1. The minimum Gasteiger partial charge on any atom is -0.477 e. The first-order chi connectivity index (χ1) is 12.7. The average molecular weight is 346 g/mol. The lowest BCUT2D eigenvalue weighted by Gasteiger charge is -2.11. The molecule has 2 aromatic carbocycles. The number of hydrogen-bond acceptors (Lipinski definition) is 1. The first-order valence-corrected chi connectivity index (χ1v) is 9.08. The molecule has 1 heterocycles. The minimum atomic E-state index is -0.822. The molecule has 3 heteroatoms. The first-order valence-electron chi connectivity index (χ1n) is 9.08. The van der Waals surface area contributed by atoms with Gasteiger partial charge in [-0.25, -0.2) is 4.79 Å². The second-order valence-electron chi connectivity index (χ2n) is 6.44. The van der Waals surface area contributed by atoms with Crippen LogP contribution in [0.2, 0.25) is 0 Å². The number of carboxylic acids is 1. The maximum absolute atomic E-state index is 11.5. The molecule has 3 nitrogen and oxygen atoms in total. The minimum absolute atomic E-state index is 0.0294. The second-order valence-corrected chi connectivity index (χ2v) is 6.44. The SMILES string of the molecule is CCCCc1cc(-c2ccccc2)cc(-c2ccccc2)[n+]1CC(=O)O. The van der Waals surface area contributed by atoms with Crippen LogP contribution in [0, 0.1) is 0 Å². The Hall–Kier alpha value is -2.94. The predicted molar refractivity (Wildman–Crippen MR) is 104 cm³/mol. The number of aryl methyl sites for hydroxylation is 1. The van der Waals surface area contributed by atoms with Crippen molar-refractivity contribution in [2.24, 2.45) is 0 Å². The maximum Gasteiger partial charge on any atom is 0.370 e. The van der Waals surface area contributed by atoms with Crippen LogP contribution >= 0.6 is 0 Å². The summed E-state index contributed by atoms with van der Waals surface area (Å²) in [6, 6.07) is 24.5. The lowest BCUT2D eigenvalue weighted by Crippen LogP contribution is -2.44. The highest BCUT2D eigenvalue weighted by atomic mass is 16.4. The molecule has 1 N–H and O–H groups in total. The van der Waals surface area contributed by atoms with Gasteiger partial charge in [-0.1, -0.05) is 61.9 Å². The Labute approximate surface area is 154 Å². The van der Waals surface area contributed by atoms with E-state index in [4.69, 9.17) is 0 Å². The Bertz CT molecular complexity index is 873. The van der Waals surface area contributed by atoms with Gasteiger partial charge in [0, 0.05) is 24.1 Å². The van der Waals surface area contributed by atoms with Gasteiger partial charge in [0.2, 0.25) is 12.2 Å².